The lowest BCUT2D eigenvalue weighted by Gasteiger charge is -2.09. The van der Waals surface area contributed by atoms with Crippen LogP contribution < -0.4 is 4.72 Å². The molecule has 0 bridgehead atoms. The van der Waals surface area contributed by atoms with Gasteiger partial charge in [-0.3, -0.25) is 0 Å². The highest BCUT2D eigenvalue weighted by atomic mass is 79.9. The van der Waals surface area contributed by atoms with E-state index in [0.29, 0.717) is 11.0 Å². The molecule has 24 heavy (non-hydrogen) atoms. The van der Waals surface area contributed by atoms with Crippen molar-refractivity contribution in [2.24, 2.45) is 0 Å². The van der Waals surface area contributed by atoms with Gasteiger partial charge in [0.25, 0.3) is 0 Å². The fourth-order valence-electron chi connectivity index (χ4n) is 2.59. The average Bonchev–Trinajstić information content (AvgIpc) is 2.55. The zero-order valence-electron chi connectivity index (χ0n) is 14.5. The number of nitrogens with one attached hydrogen (secondary N) is 1. The summed E-state index contributed by atoms with van der Waals surface area (Å²) in [6.45, 7) is 2.74. The minimum absolute atomic E-state index is 0.281. The van der Waals surface area contributed by atoms with Crippen molar-refractivity contribution in [2.75, 3.05) is 6.54 Å². The van der Waals surface area contributed by atoms with Gasteiger partial charge in [0.05, 0.1) is 9.37 Å². The SMILES string of the molecule is CCCCCCCCCCCCNS(=O)(=O)c1cccc(Br)c1Br. The standard InChI is InChI=1S/C18H29Br2NO2S/c1-2-3-4-5-6-7-8-9-10-11-15-21-24(22,23)17-14-12-13-16(19)18(17)20/h12-14,21H,2-11,15H2,1H3. The van der Waals surface area contributed by atoms with Crippen molar-refractivity contribution in [1.29, 1.82) is 0 Å². The summed E-state index contributed by atoms with van der Waals surface area (Å²) in [6, 6.07) is 5.14. The van der Waals surface area contributed by atoms with Crippen molar-refractivity contribution < 1.29 is 8.42 Å². The molecule has 0 spiro atoms. The molecule has 0 aliphatic heterocycles. The summed E-state index contributed by atoms with van der Waals surface area (Å²) in [7, 11) is -3.45. The van der Waals surface area contributed by atoms with Crippen LogP contribution in [0.15, 0.2) is 32.0 Å². The summed E-state index contributed by atoms with van der Waals surface area (Å²) >= 11 is 6.66. The van der Waals surface area contributed by atoms with E-state index in [1.54, 1.807) is 12.1 Å². The van der Waals surface area contributed by atoms with Gasteiger partial charge in [-0.25, -0.2) is 13.1 Å². The Bertz CT molecular complexity index is 576. The third-order valence-corrected chi connectivity index (χ3v) is 7.84. The van der Waals surface area contributed by atoms with Gasteiger partial charge < -0.3 is 0 Å². The lowest BCUT2D eigenvalue weighted by molar-refractivity contribution is 0.549. The molecule has 0 atom stereocenters. The molecule has 0 fully saturated rings. The molecule has 138 valence electrons. The number of hydrogen-bond donors (Lipinski definition) is 1. The van der Waals surface area contributed by atoms with Crippen LogP contribution in [0.4, 0.5) is 0 Å². The molecule has 0 unspecified atom stereocenters. The molecule has 1 aromatic carbocycles. The molecule has 0 saturated carbocycles. The normalized spacial score (nSPS) is 11.8. The molecule has 0 saturated heterocycles. The molecule has 0 amide bonds. The molecule has 0 aliphatic carbocycles. The van der Waals surface area contributed by atoms with E-state index in [0.717, 1.165) is 17.3 Å². The smallest absolute Gasteiger partial charge is 0.211 e. The van der Waals surface area contributed by atoms with E-state index >= 15 is 0 Å². The predicted molar refractivity (Wildman–Crippen MR) is 109 cm³/mol. The first-order valence-corrected chi connectivity index (χ1v) is 12.0. The first kappa shape index (κ1) is 22.1. The van der Waals surface area contributed by atoms with Gasteiger partial charge >= 0.3 is 0 Å². The van der Waals surface area contributed by atoms with E-state index in [-0.39, 0.29) is 4.90 Å². The monoisotopic (exact) mass is 481 g/mol. The van der Waals surface area contributed by atoms with Crippen LogP contribution in [-0.4, -0.2) is 15.0 Å². The van der Waals surface area contributed by atoms with Gasteiger partial charge in [0.15, 0.2) is 0 Å². The summed E-state index contributed by atoms with van der Waals surface area (Å²) < 4.78 is 28.6. The van der Waals surface area contributed by atoms with Gasteiger partial charge in [-0.15, -0.1) is 0 Å². The Labute approximate surface area is 164 Å². The molecule has 0 aliphatic rings. The lowest BCUT2D eigenvalue weighted by atomic mass is 10.1. The van der Waals surface area contributed by atoms with Crippen LogP contribution in [0.25, 0.3) is 0 Å². The van der Waals surface area contributed by atoms with Crippen LogP contribution in [0, 0.1) is 0 Å². The van der Waals surface area contributed by atoms with Crippen LogP contribution in [0.5, 0.6) is 0 Å². The maximum absolute atomic E-state index is 12.3. The highest BCUT2D eigenvalue weighted by Gasteiger charge is 2.18. The highest BCUT2D eigenvalue weighted by Crippen LogP contribution is 2.29. The largest absolute Gasteiger partial charge is 0.241 e. The number of halogens is 2. The van der Waals surface area contributed by atoms with Crippen molar-refractivity contribution in [1.82, 2.24) is 4.72 Å². The number of hydrogen-bond acceptors (Lipinski definition) is 2. The first-order valence-electron chi connectivity index (χ1n) is 8.92. The van der Waals surface area contributed by atoms with E-state index in [9.17, 15) is 8.42 Å². The van der Waals surface area contributed by atoms with Crippen LogP contribution in [0.2, 0.25) is 0 Å². The number of rotatable bonds is 13. The molecule has 6 heteroatoms. The van der Waals surface area contributed by atoms with Gasteiger partial charge in [0.1, 0.15) is 0 Å². The van der Waals surface area contributed by atoms with Gasteiger partial charge in [-0.1, -0.05) is 70.8 Å². The molecule has 0 heterocycles. The second kappa shape index (κ2) is 12.4. The summed E-state index contributed by atoms with van der Waals surface area (Å²) in [5, 5.41) is 0. The second-order valence-electron chi connectivity index (χ2n) is 6.13. The van der Waals surface area contributed by atoms with Crippen molar-refractivity contribution in [2.45, 2.75) is 76.0 Å². The number of unbranched alkanes of at least 4 members (excludes halogenated alkanes) is 9. The Morgan fingerprint density at radius 1 is 0.875 bits per heavy atom. The Morgan fingerprint density at radius 3 is 2.00 bits per heavy atom. The summed E-state index contributed by atoms with van der Waals surface area (Å²) in [5.74, 6) is 0. The minimum atomic E-state index is -3.45. The number of sulfonamides is 1. The topological polar surface area (TPSA) is 46.2 Å². The summed E-state index contributed by atoms with van der Waals surface area (Å²) in [4.78, 5) is 0.281. The van der Waals surface area contributed by atoms with Crippen molar-refractivity contribution in [3.8, 4) is 0 Å². The number of benzene rings is 1. The second-order valence-corrected chi connectivity index (χ2v) is 9.51. The Kier molecular flexibility index (Phi) is 11.5. The zero-order valence-corrected chi connectivity index (χ0v) is 18.5. The quantitative estimate of drug-likeness (QED) is 0.330. The Morgan fingerprint density at radius 2 is 1.42 bits per heavy atom. The predicted octanol–water partition coefficient (Wildman–Crippen LogP) is 6.41. The molecule has 0 aromatic heterocycles. The third kappa shape index (κ3) is 8.45. The zero-order chi connectivity index (χ0) is 17.8. The van der Waals surface area contributed by atoms with Crippen LogP contribution >= 0.6 is 31.9 Å². The molecular weight excluding hydrogens is 454 g/mol. The van der Waals surface area contributed by atoms with Crippen LogP contribution in [0.1, 0.15) is 71.1 Å². The average molecular weight is 483 g/mol. The highest BCUT2D eigenvalue weighted by molar-refractivity contribution is 9.13. The lowest BCUT2D eigenvalue weighted by Crippen LogP contribution is -2.25. The fourth-order valence-corrected chi connectivity index (χ4v) is 5.16. The fraction of sp³-hybridized carbons (Fsp3) is 0.667. The van der Waals surface area contributed by atoms with E-state index in [1.165, 1.54) is 51.4 Å². The molecule has 1 aromatic rings. The van der Waals surface area contributed by atoms with Crippen molar-refractivity contribution >= 4 is 41.9 Å². The third-order valence-electron chi connectivity index (χ3n) is 4.03. The van der Waals surface area contributed by atoms with Crippen LogP contribution in [-0.2, 0) is 10.0 Å². The van der Waals surface area contributed by atoms with Gasteiger partial charge in [0, 0.05) is 11.0 Å². The van der Waals surface area contributed by atoms with Gasteiger partial charge in [-0.05, 0) is 50.4 Å². The minimum Gasteiger partial charge on any atom is -0.211 e. The maximum atomic E-state index is 12.3. The Hall–Kier alpha value is 0.0900. The molecule has 1 N–H and O–H groups in total. The summed E-state index contributed by atoms with van der Waals surface area (Å²) in [5.41, 5.74) is 0. The van der Waals surface area contributed by atoms with Crippen molar-refractivity contribution in [3.05, 3.63) is 27.1 Å². The summed E-state index contributed by atoms with van der Waals surface area (Å²) in [6.07, 6.45) is 12.4. The molecule has 3 nitrogen and oxygen atoms in total. The van der Waals surface area contributed by atoms with E-state index in [4.69, 9.17) is 0 Å². The Balaban J connectivity index is 2.15. The van der Waals surface area contributed by atoms with E-state index in [1.807, 2.05) is 6.07 Å². The van der Waals surface area contributed by atoms with Crippen molar-refractivity contribution in [3.63, 3.8) is 0 Å². The molecule has 0 radical (unpaired) electrons. The van der Waals surface area contributed by atoms with E-state index in [2.05, 4.69) is 43.5 Å². The van der Waals surface area contributed by atoms with Gasteiger partial charge in [-0.2, -0.15) is 0 Å². The van der Waals surface area contributed by atoms with E-state index < -0.39 is 10.0 Å². The maximum Gasteiger partial charge on any atom is 0.241 e. The van der Waals surface area contributed by atoms with Crippen LogP contribution in [0.3, 0.4) is 0 Å². The van der Waals surface area contributed by atoms with Gasteiger partial charge in [0.2, 0.25) is 10.0 Å². The molecule has 1 rings (SSSR count). The first-order chi connectivity index (χ1) is 11.5. The molecular formula is C18H29Br2NO2S.